The molecule has 0 unspecified atom stereocenters. The zero-order valence-corrected chi connectivity index (χ0v) is 10.7. The molecule has 1 aromatic heterocycles. The Labute approximate surface area is 110 Å². The Bertz CT molecular complexity index is 510. The van der Waals surface area contributed by atoms with E-state index in [9.17, 15) is 14.4 Å². The number of nitrogens with two attached hydrogens (primary N) is 1. The molecule has 3 N–H and O–H groups in total. The molecule has 0 fully saturated rings. The van der Waals surface area contributed by atoms with Crippen LogP contribution in [0.1, 0.15) is 13.3 Å². The third kappa shape index (κ3) is 5.24. The van der Waals surface area contributed by atoms with Gasteiger partial charge in [0, 0.05) is 24.5 Å². The first-order valence-electron chi connectivity index (χ1n) is 5.91. The Morgan fingerprint density at radius 1 is 1.42 bits per heavy atom. The molecule has 19 heavy (non-hydrogen) atoms. The molecule has 0 bridgehead atoms. The van der Waals surface area contributed by atoms with Crippen molar-refractivity contribution in [2.24, 2.45) is 0 Å². The smallest absolute Gasteiger partial charge is 0.326 e. The fourth-order valence-corrected chi connectivity index (χ4v) is 1.32. The van der Waals surface area contributed by atoms with Gasteiger partial charge in [-0.1, -0.05) is 6.92 Å². The van der Waals surface area contributed by atoms with Crippen LogP contribution in [0.3, 0.4) is 0 Å². The maximum atomic E-state index is 11.5. The van der Waals surface area contributed by atoms with E-state index in [1.165, 1.54) is 18.3 Å². The molecule has 0 aliphatic heterocycles. The van der Waals surface area contributed by atoms with Gasteiger partial charge in [-0.15, -0.1) is 0 Å². The van der Waals surface area contributed by atoms with E-state index in [1.807, 2.05) is 6.92 Å². The number of anilines is 1. The first kappa shape index (κ1) is 14.7. The highest BCUT2D eigenvalue weighted by molar-refractivity contribution is 5.80. The van der Waals surface area contributed by atoms with Gasteiger partial charge in [-0.3, -0.25) is 14.4 Å². The molecule has 1 heterocycles. The number of nitrogens with zero attached hydrogens (tertiary/aromatic N) is 1. The highest BCUT2D eigenvalue weighted by Crippen LogP contribution is 1.96. The summed E-state index contributed by atoms with van der Waals surface area (Å²) in [6.45, 7) is 1.82. The normalized spacial score (nSPS) is 9.95. The highest BCUT2D eigenvalue weighted by atomic mass is 16.5. The molecule has 0 aliphatic rings. The van der Waals surface area contributed by atoms with Crippen LogP contribution in [0.4, 0.5) is 5.69 Å². The lowest BCUT2D eigenvalue weighted by molar-refractivity contribution is -0.149. The molecule has 0 aromatic carbocycles. The van der Waals surface area contributed by atoms with Gasteiger partial charge >= 0.3 is 5.97 Å². The van der Waals surface area contributed by atoms with Crippen molar-refractivity contribution in [1.82, 2.24) is 9.88 Å². The zero-order valence-electron chi connectivity index (χ0n) is 10.7. The maximum absolute atomic E-state index is 11.5. The number of amides is 1. The van der Waals surface area contributed by atoms with Crippen molar-refractivity contribution in [1.29, 1.82) is 0 Å². The summed E-state index contributed by atoms with van der Waals surface area (Å²) in [5.74, 6) is -1.03. The summed E-state index contributed by atoms with van der Waals surface area (Å²) in [5.41, 5.74) is 5.51. The van der Waals surface area contributed by atoms with Crippen LogP contribution in [0.25, 0.3) is 0 Å². The number of nitrogen functional groups attached to an aromatic ring is 1. The standard InChI is InChI=1S/C12H17N3O4/c1-2-5-14-10(16)8-19-12(18)7-15-6-9(13)3-4-11(15)17/h3-4,6H,2,5,7-8,13H2,1H3,(H,14,16). The fraction of sp³-hybridized carbons (Fsp3) is 0.417. The number of nitrogens with one attached hydrogen (secondary N) is 1. The van der Waals surface area contributed by atoms with E-state index in [1.54, 1.807) is 0 Å². The Morgan fingerprint density at radius 3 is 2.84 bits per heavy atom. The lowest BCUT2D eigenvalue weighted by Gasteiger charge is -2.07. The molecule has 1 aromatic rings. The van der Waals surface area contributed by atoms with Crippen LogP contribution < -0.4 is 16.6 Å². The van der Waals surface area contributed by atoms with Crippen LogP contribution in [0, 0.1) is 0 Å². The second-order valence-electron chi connectivity index (χ2n) is 3.94. The fourth-order valence-electron chi connectivity index (χ4n) is 1.32. The molecular formula is C12H17N3O4. The predicted molar refractivity (Wildman–Crippen MR) is 69.4 cm³/mol. The van der Waals surface area contributed by atoms with Gasteiger partial charge in [0.1, 0.15) is 6.54 Å². The van der Waals surface area contributed by atoms with Crippen molar-refractivity contribution in [2.75, 3.05) is 18.9 Å². The number of hydrogen-bond donors (Lipinski definition) is 2. The molecule has 1 amide bonds. The summed E-state index contributed by atoms with van der Waals surface area (Å²) in [6, 6.07) is 2.71. The number of rotatable bonds is 6. The van der Waals surface area contributed by atoms with Crippen LogP contribution in [-0.2, 0) is 20.9 Å². The maximum Gasteiger partial charge on any atom is 0.326 e. The van der Waals surface area contributed by atoms with Gasteiger partial charge in [-0.25, -0.2) is 0 Å². The molecule has 7 nitrogen and oxygen atoms in total. The Kier molecular flexibility index (Phi) is 5.59. The van der Waals surface area contributed by atoms with Crippen molar-refractivity contribution in [3.63, 3.8) is 0 Å². The number of ether oxygens (including phenoxy) is 1. The van der Waals surface area contributed by atoms with Crippen molar-refractivity contribution in [3.05, 3.63) is 28.7 Å². The molecule has 0 saturated carbocycles. The summed E-state index contributed by atoms with van der Waals surface area (Å²) in [7, 11) is 0. The molecule has 0 radical (unpaired) electrons. The van der Waals surface area contributed by atoms with Crippen molar-refractivity contribution < 1.29 is 14.3 Å². The first-order valence-corrected chi connectivity index (χ1v) is 5.91. The summed E-state index contributed by atoms with van der Waals surface area (Å²) in [4.78, 5) is 34.1. The third-order valence-electron chi connectivity index (χ3n) is 2.24. The van der Waals surface area contributed by atoms with Crippen LogP contribution in [0.5, 0.6) is 0 Å². The zero-order chi connectivity index (χ0) is 14.3. The van der Waals surface area contributed by atoms with E-state index in [-0.39, 0.29) is 24.6 Å². The Hall–Kier alpha value is -2.31. The number of pyridine rings is 1. The minimum Gasteiger partial charge on any atom is -0.454 e. The topological polar surface area (TPSA) is 103 Å². The molecule has 104 valence electrons. The molecule has 0 aliphatic carbocycles. The van der Waals surface area contributed by atoms with E-state index in [2.05, 4.69) is 5.32 Å². The minimum absolute atomic E-state index is 0.273. The molecule has 1 rings (SSSR count). The van der Waals surface area contributed by atoms with Crippen molar-refractivity contribution in [2.45, 2.75) is 19.9 Å². The second kappa shape index (κ2) is 7.20. The average Bonchev–Trinajstić information content (AvgIpc) is 2.38. The summed E-state index contributed by atoms with van der Waals surface area (Å²) < 4.78 is 5.87. The summed E-state index contributed by atoms with van der Waals surface area (Å²) in [5, 5.41) is 2.57. The van der Waals surface area contributed by atoms with Crippen LogP contribution in [-0.4, -0.2) is 29.6 Å². The number of carbonyl (C=O) groups is 2. The van der Waals surface area contributed by atoms with E-state index in [0.29, 0.717) is 12.2 Å². The number of esters is 1. The van der Waals surface area contributed by atoms with Crippen LogP contribution in [0.15, 0.2) is 23.1 Å². The average molecular weight is 267 g/mol. The van der Waals surface area contributed by atoms with Gasteiger partial charge in [-0.05, 0) is 12.5 Å². The summed E-state index contributed by atoms with van der Waals surface area (Å²) >= 11 is 0. The number of hydrogen-bond acceptors (Lipinski definition) is 5. The van der Waals surface area contributed by atoms with Gasteiger partial charge in [0.15, 0.2) is 6.61 Å². The Balaban J connectivity index is 2.45. The molecular weight excluding hydrogens is 250 g/mol. The van der Waals surface area contributed by atoms with E-state index in [4.69, 9.17) is 10.5 Å². The number of carbonyl (C=O) groups excluding carboxylic acids is 2. The quantitative estimate of drug-likeness (QED) is 0.676. The van der Waals surface area contributed by atoms with Gasteiger partial charge in [0.2, 0.25) is 0 Å². The number of aromatic nitrogens is 1. The van der Waals surface area contributed by atoms with Gasteiger partial charge in [-0.2, -0.15) is 0 Å². The first-order chi connectivity index (χ1) is 9.02. The van der Waals surface area contributed by atoms with Gasteiger partial charge < -0.3 is 20.4 Å². The van der Waals surface area contributed by atoms with Gasteiger partial charge in [0.25, 0.3) is 11.5 Å². The molecule has 7 heteroatoms. The van der Waals surface area contributed by atoms with Crippen molar-refractivity contribution >= 4 is 17.6 Å². The lowest BCUT2D eigenvalue weighted by atomic mass is 10.4. The molecule has 0 atom stereocenters. The van der Waals surface area contributed by atoms with Crippen LogP contribution in [0.2, 0.25) is 0 Å². The Morgan fingerprint density at radius 2 is 2.16 bits per heavy atom. The van der Waals surface area contributed by atoms with E-state index < -0.39 is 5.97 Å². The van der Waals surface area contributed by atoms with Crippen LogP contribution >= 0.6 is 0 Å². The molecule has 0 saturated heterocycles. The molecule has 0 spiro atoms. The highest BCUT2D eigenvalue weighted by Gasteiger charge is 2.08. The van der Waals surface area contributed by atoms with Crippen molar-refractivity contribution in [3.8, 4) is 0 Å². The largest absolute Gasteiger partial charge is 0.454 e. The SMILES string of the molecule is CCCNC(=O)COC(=O)Cn1cc(N)ccc1=O. The summed E-state index contributed by atoms with van der Waals surface area (Å²) in [6.07, 6.45) is 2.15. The monoisotopic (exact) mass is 267 g/mol. The third-order valence-corrected chi connectivity index (χ3v) is 2.24. The van der Waals surface area contributed by atoms with E-state index in [0.717, 1.165) is 11.0 Å². The second-order valence-corrected chi connectivity index (χ2v) is 3.94. The van der Waals surface area contributed by atoms with Gasteiger partial charge in [0.05, 0.1) is 0 Å². The van der Waals surface area contributed by atoms with E-state index >= 15 is 0 Å². The minimum atomic E-state index is -0.667. The predicted octanol–water partition coefficient (Wildman–Crippen LogP) is -0.500. The lowest BCUT2D eigenvalue weighted by Crippen LogP contribution is -2.31.